The lowest BCUT2D eigenvalue weighted by atomic mass is 10.0. The lowest BCUT2D eigenvalue weighted by molar-refractivity contribution is -0.118. The summed E-state index contributed by atoms with van der Waals surface area (Å²) in [6, 6.07) is 24.1. The Labute approximate surface area is 179 Å². The Kier molecular flexibility index (Phi) is 5.11. The van der Waals surface area contributed by atoms with Gasteiger partial charge in [0.15, 0.2) is 11.5 Å². The molecule has 0 atom stereocenters. The summed E-state index contributed by atoms with van der Waals surface area (Å²) >= 11 is 1.65. The number of carbonyl (C=O) groups is 1. The van der Waals surface area contributed by atoms with Crippen molar-refractivity contribution < 1.29 is 14.3 Å². The van der Waals surface area contributed by atoms with Crippen molar-refractivity contribution in [3.8, 4) is 11.5 Å². The molecule has 0 spiro atoms. The van der Waals surface area contributed by atoms with Crippen molar-refractivity contribution in [2.75, 3.05) is 18.1 Å². The fourth-order valence-electron chi connectivity index (χ4n) is 3.79. The lowest BCUT2D eigenvalue weighted by Gasteiger charge is -2.25. The minimum Gasteiger partial charge on any atom is -0.486 e. The Balaban J connectivity index is 1.49. The quantitative estimate of drug-likeness (QED) is 0.435. The maximum absolute atomic E-state index is 13.5. The smallest absolute Gasteiger partial charge is 0.231 e. The largest absolute Gasteiger partial charge is 0.486 e. The first kappa shape index (κ1) is 18.7. The Morgan fingerprint density at radius 3 is 2.60 bits per heavy atom. The molecule has 5 rings (SSSR count). The summed E-state index contributed by atoms with van der Waals surface area (Å²) in [4.78, 5) is 16.5. The van der Waals surface area contributed by atoms with E-state index in [1.165, 1.54) is 0 Å². The molecule has 30 heavy (non-hydrogen) atoms. The molecule has 150 valence electrons. The zero-order valence-corrected chi connectivity index (χ0v) is 17.2. The molecule has 0 aliphatic carbocycles. The number of fused-ring (bicyclic) bond motifs is 2. The molecular weight excluding hydrogens is 394 g/mol. The average molecular weight is 416 g/mol. The summed E-state index contributed by atoms with van der Waals surface area (Å²) < 4.78 is 11.4. The van der Waals surface area contributed by atoms with E-state index in [4.69, 9.17) is 9.47 Å². The van der Waals surface area contributed by atoms with Crippen molar-refractivity contribution >= 4 is 33.7 Å². The Bertz CT molecular complexity index is 1180. The lowest BCUT2D eigenvalue weighted by Crippen LogP contribution is -2.31. The van der Waals surface area contributed by atoms with Gasteiger partial charge >= 0.3 is 0 Å². The Hall–Kier alpha value is -3.31. The van der Waals surface area contributed by atoms with Gasteiger partial charge in [0.2, 0.25) is 5.91 Å². The summed E-state index contributed by atoms with van der Waals surface area (Å²) in [6.45, 7) is 1.59. The third-order valence-electron chi connectivity index (χ3n) is 5.25. The Morgan fingerprint density at radius 2 is 1.73 bits per heavy atom. The molecule has 4 aromatic rings. The fourth-order valence-corrected chi connectivity index (χ4v) is 4.48. The van der Waals surface area contributed by atoms with Crippen LogP contribution in [0.15, 0.2) is 78.2 Å². The molecule has 1 aliphatic rings. The van der Waals surface area contributed by atoms with E-state index in [-0.39, 0.29) is 5.91 Å². The molecule has 0 radical (unpaired) electrons. The van der Waals surface area contributed by atoms with E-state index in [1.54, 1.807) is 11.3 Å². The highest BCUT2D eigenvalue weighted by molar-refractivity contribution is 7.09. The number of rotatable bonds is 5. The minimum absolute atomic E-state index is 0.0523. The van der Waals surface area contributed by atoms with E-state index in [9.17, 15) is 4.79 Å². The molecule has 0 saturated carbocycles. The molecule has 1 amide bonds. The van der Waals surface area contributed by atoms with Gasteiger partial charge < -0.3 is 14.4 Å². The molecule has 4 nitrogen and oxygen atoms in total. The van der Waals surface area contributed by atoms with Crippen LogP contribution < -0.4 is 14.4 Å². The van der Waals surface area contributed by atoms with Crippen LogP contribution in [0.5, 0.6) is 11.5 Å². The molecule has 0 saturated heterocycles. The first-order valence-corrected chi connectivity index (χ1v) is 10.8. The van der Waals surface area contributed by atoms with Crippen LogP contribution in [0, 0.1) is 0 Å². The number of thiophene rings is 1. The van der Waals surface area contributed by atoms with Gasteiger partial charge in [0.25, 0.3) is 0 Å². The second-order valence-corrected chi connectivity index (χ2v) is 8.23. The van der Waals surface area contributed by atoms with Crippen LogP contribution in [-0.4, -0.2) is 19.1 Å². The van der Waals surface area contributed by atoms with Gasteiger partial charge in [-0.25, -0.2) is 0 Å². The number of anilines is 1. The van der Waals surface area contributed by atoms with Crippen molar-refractivity contribution in [1.29, 1.82) is 0 Å². The zero-order chi connectivity index (χ0) is 20.3. The van der Waals surface area contributed by atoms with Crippen LogP contribution in [0.25, 0.3) is 10.8 Å². The number of hydrogen-bond acceptors (Lipinski definition) is 4. The third kappa shape index (κ3) is 3.76. The van der Waals surface area contributed by atoms with Crippen molar-refractivity contribution in [3.05, 3.63) is 88.6 Å². The van der Waals surface area contributed by atoms with Crippen molar-refractivity contribution in [3.63, 3.8) is 0 Å². The number of nitrogens with zero attached hydrogens (tertiary/aromatic N) is 1. The van der Waals surface area contributed by atoms with Gasteiger partial charge in [-0.1, -0.05) is 48.5 Å². The molecule has 1 aliphatic heterocycles. The zero-order valence-electron chi connectivity index (χ0n) is 16.4. The third-order valence-corrected chi connectivity index (χ3v) is 6.12. The molecule has 2 heterocycles. The number of carbonyl (C=O) groups excluding carboxylic acids is 1. The van der Waals surface area contributed by atoms with Crippen molar-refractivity contribution in [2.45, 2.75) is 13.0 Å². The summed E-state index contributed by atoms with van der Waals surface area (Å²) in [7, 11) is 0. The van der Waals surface area contributed by atoms with Gasteiger partial charge in [0.05, 0.1) is 13.0 Å². The maximum atomic E-state index is 13.5. The first-order valence-electron chi connectivity index (χ1n) is 9.97. The van der Waals surface area contributed by atoms with Gasteiger partial charge in [-0.05, 0) is 39.9 Å². The van der Waals surface area contributed by atoms with E-state index in [0.717, 1.165) is 32.6 Å². The number of benzene rings is 3. The SMILES string of the molecule is O=C(Cc1cccc2ccccc12)N(Cc1cccs1)c1ccc2c(c1)OCCO2. The predicted molar refractivity (Wildman–Crippen MR) is 121 cm³/mol. The van der Waals surface area contributed by atoms with Gasteiger partial charge in [0, 0.05) is 16.6 Å². The summed E-state index contributed by atoms with van der Waals surface area (Å²) in [5, 5.41) is 4.30. The fraction of sp³-hybridized carbons (Fsp3) is 0.160. The van der Waals surface area contributed by atoms with E-state index in [0.29, 0.717) is 31.9 Å². The van der Waals surface area contributed by atoms with Crippen LogP contribution in [0.1, 0.15) is 10.4 Å². The highest BCUT2D eigenvalue weighted by atomic mass is 32.1. The topological polar surface area (TPSA) is 38.8 Å². The van der Waals surface area contributed by atoms with Gasteiger partial charge in [-0.3, -0.25) is 4.79 Å². The first-order chi connectivity index (χ1) is 14.8. The second-order valence-electron chi connectivity index (χ2n) is 7.20. The van der Waals surface area contributed by atoms with Crippen molar-refractivity contribution in [1.82, 2.24) is 0 Å². The van der Waals surface area contributed by atoms with Crippen LogP contribution >= 0.6 is 11.3 Å². The molecule has 1 aromatic heterocycles. The second kappa shape index (κ2) is 8.20. The van der Waals surface area contributed by atoms with Gasteiger partial charge in [0.1, 0.15) is 13.2 Å². The van der Waals surface area contributed by atoms with Crippen LogP contribution in [0.4, 0.5) is 5.69 Å². The molecule has 0 unspecified atom stereocenters. The molecule has 3 aromatic carbocycles. The van der Waals surface area contributed by atoms with Crippen LogP contribution in [0.2, 0.25) is 0 Å². The maximum Gasteiger partial charge on any atom is 0.231 e. The Morgan fingerprint density at radius 1 is 0.900 bits per heavy atom. The molecule has 0 fully saturated rings. The van der Waals surface area contributed by atoms with Crippen molar-refractivity contribution in [2.24, 2.45) is 0 Å². The average Bonchev–Trinajstić information content (AvgIpc) is 3.31. The van der Waals surface area contributed by atoms with Gasteiger partial charge in [-0.2, -0.15) is 0 Å². The molecule has 5 heteroatoms. The predicted octanol–water partition coefficient (Wildman–Crippen LogP) is 5.45. The number of ether oxygens (including phenoxy) is 2. The molecule has 0 N–H and O–H groups in total. The normalized spacial score (nSPS) is 12.7. The standard InChI is InChI=1S/C25H21NO3S/c27-25(15-19-7-3-6-18-5-1-2-9-22(18)19)26(17-21-8-4-14-30-21)20-10-11-23-24(16-20)29-13-12-28-23/h1-11,14,16H,12-13,15,17H2. The summed E-state index contributed by atoms with van der Waals surface area (Å²) in [5.74, 6) is 1.46. The van der Waals surface area contributed by atoms with E-state index < -0.39 is 0 Å². The minimum atomic E-state index is 0.0523. The number of amides is 1. The van der Waals surface area contributed by atoms with Crippen LogP contribution in [0.3, 0.4) is 0 Å². The highest BCUT2D eigenvalue weighted by Gasteiger charge is 2.21. The molecule has 0 bridgehead atoms. The van der Waals surface area contributed by atoms with Crippen LogP contribution in [-0.2, 0) is 17.8 Å². The molecular formula is C25H21NO3S. The van der Waals surface area contributed by atoms with Gasteiger partial charge in [-0.15, -0.1) is 11.3 Å². The highest BCUT2D eigenvalue weighted by Crippen LogP contribution is 2.35. The van der Waals surface area contributed by atoms with E-state index >= 15 is 0 Å². The van der Waals surface area contributed by atoms with E-state index in [1.807, 2.05) is 58.8 Å². The summed E-state index contributed by atoms with van der Waals surface area (Å²) in [5.41, 5.74) is 1.85. The summed E-state index contributed by atoms with van der Waals surface area (Å²) in [6.07, 6.45) is 0.334. The number of hydrogen-bond donors (Lipinski definition) is 0. The monoisotopic (exact) mass is 415 g/mol. The van der Waals surface area contributed by atoms with E-state index in [2.05, 4.69) is 24.3 Å².